The molecule has 0 saturated carbocycles. The van der Waals surface area contributed by atoms with Crippen LogP contribution in [0.25, 0.3) is 15.9 Å². The van der Waals surface area contributed by atoms with Crippen LogP contribution in [0.2, 0.25) is 5.02 Å². The Morgan fingerprint density at radius 1 is 1.35 bits per heavy atom. The van der Waals surface area contributed by atoms with Crippen LogP contribution < -0.4 is 5.56 Å². The number of hydrogen-bond donors (Lipinski definition) is 0. The van der Waals surface area contributed by atoms with Gasteiger partial charge in [-0.1, -0.05) is 17.7 Å². The van der Waals surface area contributed by atoms with Crippen molar-refractivity contribution in [2.24, 2.45) is 0 Å². The Morgan fingerprint density at radius 3 is 2.88 bits per heavy atom. The Bertz CT molecular complexity index is 803. The first-order valence-electron chi connectivity index (χ1n) is 5.16. The molecule has 3 nitrogen and oxygen atoms in total. The van der Waals surface area contributed by atoms with E-state index in [1.165, 1.54) is 11.3 Å². The lowest BCUT2D eigenvalue weighted by molar-refractivity contribution is 1.04. The quantitative estimate of drug-likeness (QED) is 0.625. The second kappa shape index (κ2) is 3.55. The number of benzene rings is 1. The first kappa shape index (κ1) is 10.7. The zero-order valence-electron chi connectivity index (χ0n) is 9.32. The third-order valence-corrected chi connectivity index (χ3v) is 4.28. The molecule has 0 unspecified atom stereocenters. The molecule has 2 heterocycles. The molecular formula is C12H9ClN2OS. The molecule has 5 heteroatoms. The van der Waals surface area contributed by atoms with Crippen molar-refractivity contribution in [3.8, 4) is 0 Å². The molecule has 0 atom stereocenters. The number of hydrogen-bond acceptors (Lipinski definition) is 3. The molecule has 0 bridgehead atoms. The molecule has 0 saturated heterocycles. The first-order valence-corrected chi connectivity index (χ1v) is 6.36. The van der Waals surface area contributed by atoms with Gasteiger partial charge >= 0.3 is 0 Å². The summed E-state index contributed by atoms with van der Waals surface area (Å²) in [5.74, 6) is 0. The van der Waals surface area contributed by atoms with Gasteiger partial charge in [0, 0.05) is 10.6 Å². The lowest BCUT2D eigenvalue weighted by atomic mass is 10.2. The van der Waals surface area contributed by atoms with Crippen molar-refractivity contribution < 1.29 is 0 Å². The maximum atomic E-state index is 12.4. The van der Waals surface area contributed by atoms with Crippen LogP contribution in [0.3, 0.4) is 0 Å². The SMILES string of the molecule is Cc1sc2nc3cccc(Cl)c3c(=O)n2c1C. The molecule has 0 radical (unpaired) electrons. The zero-order valence-corrected chi connectivity index (χ0v) is 10.9. The topological polar surface area (TPSA) is 34.4 Å². The Labute approximate surface area is 106 Å². The Kier molecular flexibility index (Phi) is 2.24. The van der Waals surface area contributed by atoms with Gasteiger partial charge in [-0.25, -0.2) is 4.98 Å². The van der Waals surface area contributed by atoms with E-state index >= 15 is 0 Å². The van der Waals surface area contributed by atoms with Gasteiger partial charge in [0.05, 0.1) is 15.9 Å². The molecule has 0 spiro atoms. The Balaban J connectivity index is 2.68. The molecule has 0 N–H and O–H groups in total. The van der Waals surface area contributed by atoms with E-state index in [9.17, 15) is 4.79 Å². The predicted molar refractivity (Wildman–Crippen MR) is 71.3 cm³/mol. The van der Waals surface area contributed by atoms with Crippen LogP contribution in [0.1, 0.15) is 10.6 Å². The standard InChI is InChI=1S/C12H9ClN2OS/c1-6-7(2)17-12-14-9-5-3-4-8(13)10(9)11(16)15(6)12/h3-5H,1-2H3. The summed E-state index contributed by atoms with van der Waals surface area (Å²) in [4.78, 5) is 18.7. The van der Waals surface area contributed by atoms with Crippen molar-refractivity contribution in [3.63, 3.8) is 0 Å². The third kappa shape index (κ3) is 1.41. The lowest BCUT2D eigenvalue weighted by Crippen LogP contribution is -2.15. The van der Waals surface area contributed by atoms with Crippen molar-refractivity contribution in [2.45, 2.75) is 13.8 Å². The number of thiazole rings is 1. The van der Waals surface area contributed by atoms with Crippen LogP contribution in [-0.2, 0) is 0 Å². The van der Waals surface area contributed by atoms with Crippen molar-refractivity contribution >= 4 is 38.8 Å². The molecule has 86 valence electrons. The van der Waals surface area contributed by atoms with Crippen LogP contribution in [0.5, 0.6) is 0 Å². The molecule has 0 aliphatic heterocycles. The minimum absolute atomic E-state index is 0.0857. The number of halogens is 1. The van der Waals surface area contributed by atoms with E-state index < -0.39 is 0 Å². The Hall–Kier alpha value is -1.39. The number of aromatic nitrogens is 2. The average Bonchev–Trinajstić information content (AvgIpc) is 2.55. The van der Waals surface area contributed by atoms with Gasteiger partial charge in [-0.05, 0) is 26.0 Å². The average molecular weight is 265 g/mol. The summed E-state index contributed by atoms with van der Waals surface area (Å²) in [6, 6.07) is 5.34. The van der Waals surface area contributed by atoms with Crippen molar-refractivity contribution in [1.29, 1.82) is 0 Å². The van der Waals surface area contributed by atoms with Crippen molar-refractivity contribution in [3.05, 3.63) is 44.1 Å². The first-order chi connectivity index (χ1) is 8.09. The van der Waals surface area contributed by atoms with E-state index in [2.05, 4.69) is 4.98 Å². The van der Waals surface area contributed by atoms with Crippen LogP contribution in [0.4, 0.5) is 0 Å². The summed E-state index contributed by atoms with van der Waals surface area (Å²) in [5.41, 5.74) is 1.51. The molecule has 3 aromatic rings. The smallest absolute Gasteiger partial charge is 0.268 e. The van der Waals surface area contributed by atoms with Crippen LogP contribution in [0, 0.1) is 13.8 Å². The van der Waals surface area contributed by atoms with Gasteiger partial charge in [0.25, 0.3) is 5.56 Å². The number of nitrogens with zero attached hydrogens (tertiary/aromatic N) is 2. The fourth-order valence-electron chi connectivity index (χ4n) is 1.90. The normalized spacial score (nSPS) is 11.5. The van der Waals surface area contributed by atoms with Gasteiger partial charge < -0.3 is 0 Å². The summed E-state index contributed by atoms with van der Waals surface area (Å²) in [7, 11) is 0. The van der Waals surface area contributed by atoms with Gasteiger partial charge in [-0.2, -0.15) is 0 Å². The highest BCUT2D eigenvalue weighted by molar-refractivity contribution is 7.17. The van der Waals surface area contributed by atoms with Crippen LogP contribution in [-0.4, -0.2) is 9.38 Å². The van der Waals surface area contributed by atoms with Gasteiger partial charge in [0.15, 0.2) is 4.96 Å². The van der Waals surface area contributed by atoms with Gasteiger partial charge in [0.1, 0.15) is 0 Å². The van der Waals surface area contributed by atoms with Crippen molar-refractivity contribution in [1.82, 2.24) is 9.38 Å². The molecule has 0 fully saturated rings. The van der Waals surface area contributed by atoms with E-state index in [1.807, 2.05) is 19.9 Å². The van der Waals surface area contributed by atoms with E-state index in [0.29, 0.717) is 15.9 Å². The van der Waals surface area contributed by atoms with E-state index in [0.717, 1.165) is 15.5 Å². The number of fused-ring (bicyclic) bond motifs is 2. The van der Waals surface area contributed by atoms with Gasteiger partial charge in [0.2, 0.25) is 0 Å². The second-order valence-electron chi connectivity index (χ2n) is 3.91. The van der Waals surface area contributed by atoms with E-state index in [-0.39, 0.29) is 5.56 Å². The molecule has 0 amide bonds. The number of rotatable bonds is 0. The van der Waals surface area contributed by atoms with Crippen LogP contribution in [0.15, 0.2) is 23.0 Å². The monoisotopic (exact) mass is 264 g/mol. The summed E-state index contributed by atoms with van der Waals surface area (Å²) < 4.78 is 1.63. The largest absolute Gasteiger partial charge is 0.268 e. The van der Waals surface area contributed by atoms with Crippen LogP contribution >= 0.6 is 22.9 Å². The molecule has 0 aliphatic rings. The maximum Gasteiger partial charge on any atom is 0.268 e. The molecule has 1 aromatic carbocycles. The number of aryl methyl sites for hydroxylation is 2. The molecule has 17 heavy (non-hydrogen) atoms. The van der Waals surface area contributed by atoms with Gasteiger partial charge in [-0.3, -0.25) is 9.20 Å². The fraction of sp³-hybridized carbons (Fsp3) is 0.167. The molecule has 0 aliphatic carbocycles. The fourth-order valence-corrected chi connectivity index (χ4v) is 3.12. The van der Waals surface area contributed by atoms with Crippen molar-refractivity contribution in [2.75, 3.05) is 0 Å². The maximum absolute atomic E-state index is 12.4. The summed E-state index contributed by atoms with van der Waals surface area (Å²) in [5, 5.41) is 0.949. The minimum atomic E-state index is -0.0857. The summed E-state index contributed by atoms with van der Waals surface area (Å²) in [6.45, 7) is 3.91. The molecular weight excluding hydrogens is 256 g/mol. The highest BCUT2D eigenvalue weighted by atomic mass is 35.5. The summed E-state index contributed by atoms with van der Waals surface area (Å²) >= 11 is 7.59. The zero-order chi connectivity index (χ0) is 12.2. The predicted octanol–water partition coefficient (Wildman–Crippen LogP) is 3.18. The molecule has 2 aromatic heterocycles. The third-order valence-electron chi connectivity index (χ3n) is 2.91. The Morgan fingerprint density at radius 2 is 2.12 bits per heavy atom. The van der Waals surface area contributed by atoms with Gasteiger partial charge in [-0.15, -0.1) is 11.3 Å². The highest BCUT2D eigenvalue weighted by Gasteiger charge is 2.13. The minimum Gasteiger partial charge on any atom is -0.268 e. The van der Waals surface area contributed by atoms with E-state index in [1.54, 1.807) is 16.5 Å². The second-order valence-corrected chi connectivity index (χ2v) is 5.50. The van der Waals surface area contributed by atoms with E-state index in [4.69, 9.17) is 11.6 Å². The highest BCUT2D eigenvalue weighted by Crippen LogP contribution is 2.23. The lowest BCUT2D eigenvalue weighted by Gasteiger charge is -2.01. The summed E-state index contributed by atoms with van der Waals surface area (Å²) in [6.07, 6.45) is 0. The molecule has 3 rings (SSSR count).